The van der Waals surface area contributed by atoms with Crippen LogP contribution in [0.5, 0.6) is 0 Å². The van der Waals surface area contributed by atoms with E-state index in [9.17, 15) is 0 Å². The van der Waals surface area contributed by atoms with Crippen molar-refractivity contribution in [3.05, 3.63) is 35.0 Å². The van der Waals surface area contributed by atoms with Gasteiger partial charge in [-0.1, -0.05) is 18.9 Å². The highest BCUT2D eigenvalue weighted by atomic mass is 14.8. The predicted molar refractivity (Wildman–Crippen MR) is 74.7 cm³/mol. The molecule has 18 heavy (non-hydrogen) atoms. The first kappa shape index (κ1) is 10.6. The SMILES string of the molecule is NC1(c2ccc3[nH]c4c(c3c2)CCC4)CCCC1. The standard InChI is InChI=1S/C16H20N2/c17-16(8-1-2-9-16)11-6-7-15-13(10-11)12-4-3-5-14(12)18-15/h6-7,10,18H,1-5,8-9,17H2. The van der Waals surface area contributed by atoms with Gasteiger partial charge in [-0.25, -0.2) is 0 Å². The van der Waals surface area contributed by atoms with E-state index in [0.29, 0.717) is 0 Å². The fourth-order valence-electron chi connectivity index (χ4n) is 3.85. The van der Waals surface area contributed by atoms with E-state index in [1.54, 1.807) is 5.56 Å². The van der Waals surface area contributed by atoms with Crippen molar-refractivity contribution in [3.8, 4) is 0 Å². The molecule has 1 heterocycles. The fraction of sp³-hybridized carbons (Fsp3) is 0.500. The van der Waals surface area contributed by atoms with Gasteiger partial charge in [-0.15, -0.1) is 0 Å². The maximum absolute atomic E-state index is 6.58. The van der Waals surface area contributed by atoms with Crippen LogP contribution in [0.4, 0.5) is 0 Å². The maximum atomic E-state index is 6.58. The molecule has 2 aliphatic rings. The van der Waals surface area contributed by atoms with Crippen LogP contribution in [0.1, 0.15) is 48.9 Å². The minimum absolute atomic E-state index is 0.0586. The molecule has 3 N–H and O–H groups in total. The largest absolute Gasteiger partial charge is 0.358 e. The molecule has 0 atom stereocenters. The zero-order valence-electron chi connectivity index (χ0n) is 10.8. The number of hydrogen-bond donors (Lipinski definition) is 2. The molecule has 2 aliphatic carbocycles. The van der Waals surface area contributed by atoms with Gasteiger partial charge >= 0.3 is 0 Å². The minimum atomic E-state index is -0.0586. The Morgan fingerprint density at radius 2 is 1.89 bits per heavy atom. The smallest absolute Gasteiger partial charge is 0.0459 e. The molecule has 1 saturated carbocycles. The lowest BCUT2D eigenvalue weighted by molar-refractivity contribution is 0.462. The van der Waals surface area contributed by atoms with Gasteiger partial charge in [-0.2, -0.15) is 0 Å². The maximum Gasteiger partial charge on any atom is 0.0459 e. The molecule has 1 aromatic carbocycles. The van der Waals surface area contributed by atoms with Crippen molar-refractivity contribution >= 4 is 10.9 Å². The molecule has 2 nitrogen and oxygen atoms in total. The number of aromatic nitrogens is 1. The number of nitrogens with one attached hydrogen (secondary N) is 1. The molecular weight excluding hydrogens is 220 g/mol. The summed E-state index contributed by atoms with van der Waals surface area (Å²) in [5.41, 5.74) is 12.2. The molecule has 1 fully saturated rings. The summed E-state index contributed by atoms with van der Waals surface area (Å²) in [6.45, 7) is 0. The highest BCUT2D eigenvalue weighted by molar-refractivity contribution is 5.86. The Hall–Kier alpha value is -1.28. The Kier molecular flexibility index (Phi) is 2.13. The van der Waals surface area contributed by atoms with E-state index in [4.69, 9.17) is 5.73 Å². The van der Waals surface area contributed by atoms with Gasteiger partial charge in [-0.3, -0.25) is 0 Å². The molecule has 94 valence electrons. The van der Waals surface area contributed by atoms with Gasteiger partial charge < -0.3 is 10.7 Å². The highest BCUT2D eigenvalue weighted by Gasteiger charge is 2.31. The molecular formula is C16H20N2. The van der Waals surface area contributed by atoms with Gasteiger partial charge in [0.05, 0.1) is 0 Å². The van der Waals surface area contributed by atoms with E-state index < -0.39 is 0 Å². The Labute approximate surface area is 108 Å². The van der Waals surface area contributed by atoms with E-state index in [0.717, 1.165) is 12.8 Å². The number of benzene rings is 1. The van der Waals surface area contributed by atoms with Crippen molar-refractivity contribution in [2.24, 2.45) is 5.73 Å². The highest BCUT2D eigenvalue weighted by Crippen LogP contribution is 2.39. The van der Waals surface area contributed by atoms with Gasteiger partial charge in [0.1, 0.15) is 0 Å². The number of hydrogen-bond acceptors (Lipinski definition) is 1. The van der Waals surface area contributed by atoms with Crippen LogP contribution in [-0.2, 0) is 18.4 Å². The van der Waals surface area contributed by atoms with Crippen LogP contribution in [0.15, 0.2) is 18.2 Å². The lowest BCUT2D eigenvalue weighted by atomic mass is 9.88. The average Bonchev–Trinajstić information content (AvgIpc) is 3.03. The van der Waals surface area contributed by atoms with Crippen molar-refractivity contribution < 1.29 is 0 Å². The molecule has 2 heteroatoms. The normalized spacial score (nSPS) is 21.6. The second kappa shape index (κ2) is 3.61. The molecule has 0 amide bonds. The number of aryl methyl sites for hydroxylation is 2. The summed E-state index contributed by atoms with van der Waals surface area (Å²) in [7, 11) is 0. The molecule has 0 unspecified atom stereocenters. The van der Waals surface area contributed by atoms with Crippen molar-refractivity contribution in [1.82, 2.24) is 4.98 Å². The first-order valence-electron chi connectivity index (χ1n) is 7.19. The molecule has 0 bridgehead atoms. The Bertz CT molecular complexity index is 603. The van der Waals surface area contributed by atoms with Gasteiger partial charge in [0, 0.05) is 22.1 Å². The van der Waals surface area contributed by atoms with Crippen molar-refractivity contribution in [2.75, 3.05) is 0 Å². The summed E-state index contributed by atoms with van der Waals surface area (Å²) in [4.78, 5) is 3.57. The summed E-state index contributed by atoms with van der Waals surface area (Å²) < 4.78 is 0. The number of fused-ring (bicyclic) bond motifs is 3. The first-order valence-corrected chi connectivity index (χ1v) is 7.19. The summed E-state index contributed by atoms with van der Waals surface area (Å²) >= 11 is 0. The zero-order valence-corrected chi connectivity index (χ0v) is 10.8. The third kappa shape index (κ3) is 1.39. The summed E-state index contributed by atoms with van der Waals surface area (Å²) in [5, 5.41) is 1.43. The molecule has 2 aromatic rings. The van der Waals surface area contributed by atoms with Crippen LogP contribution >= 0.6 is 0 Å². The van der Waals surface area contributed by atoms with E-state index in [2.05, 4.69) is 23.2 Å². The van der Waals surface area contributed by atoms with Crippen molar-refractivity contribution in [1.29, 1.82) is 0 Å². The average molecular weight is 240 g/mol. The Morgan fingerprint density at radius 3 is 2.72 bits per heavy atom. The van der Waals surface area contributed by atoms with Gasteiger partial charge in [0.15, 0.2) is 0 Å². The molecule has 1 aromatic heterocycles. The first-order chi connectivity index (χ1) is 8.76. The third-order valence-electron chi connectivity index (χ3n) is 4.92. The summed E-state index contributed by atoms with van der Waals surface area (Å²) in [6, 6.07) is 6.83. The lowest BCUT2D eigenvalue weighted by Crippen LogP contribution is -2.32. The number of nitrogens with two attached hydrogens (primary N) is 1. The van der Waals surface area contributed by atoms with E-state index in [1.807, 2.05) is 0 Å². The molecule has 4 rings (SSSR count). The summed E-state index contributed by atoms with van der Waals surface area (Å²) in [5.74, 6) is 0. The van der Waals surface area contributed by atoms with E-state index >= 15 is 0 Å². The molecule has 0 aliphatic heterocycles. The second-order valence-electron chi connectivity index (χ2n) is 6.06. The van der Waals surface area contributed by atoms with E-state index in [-0.39, 0.29) is 5.54 Å². The van der Waals surface area contributed by atoms with Crippen LogP contribution in [0, 0.1) is 0 Å². The topological polar surface area (TPSA) is 41.8 Å². The predicted octanol–water partition coefficient (Wildman–Crippen LogP) is 3.38. The molecule has 0 saturated heterocycles. The Morgan fingerprint density at radius 1 is 1.06 bits per heavy atom. The quantitative estimate of drug-likeness (QED) is 0.788. The van der Waals surface area contributed by atoms with Crippen molar-refractivity contribution in [3.63, 3.8) is 0 Å². The Balaban J connectivity index is 1.88. The zero-order chi connectivity index (χ0) is 12.2. The van der Waals surface area contributed by atoms with Crippen LogP contribution in [-0.4, -0.2) is 4.98 Å². The number of rotatable bonds is 1. The van der Waals surface area contributed by atoms with Crippen LogP contribution in [0.2, 0.25) is 0 Å². The number of H-pyrrole nitrogens is 1. The van der Waals surface area contributed by atoms with Crippen LogP contribution < -0.4 is 5.73 Å². The molecule has 0 spiro atoms. The number of aromatic amines is 1. The molecule has 0 radical (unpaired) electrons. The van der Waals surface area contributed by atoms with Crippen LogP contribution in [0.3, 0.4) is 0 Å². The minimum Gasteiger partial charge on any atom is -0.358 e. The monoisotopic (exact) mass is 240 g/mol. The fourth-order valence-corrected chi connectivity index (χ4v) is 3.85. The lowest BCUT2D eigenvalue weighted by Gasteiger charge is -2.24. The van der Waals surface area contributed by atoms with E-state index in [1.165, 1.54) is 54.3 Å². The van der Waals surface area contributed by atoms with Gasteiger partial charge in [0.25, 0.3) is 0 Å². The van der Waals surface area contributed by atoms with Gasteiger partial charge in [0.2, 0.25) is 0 Å². The van der Waals surface area contributed by atoms with Crippen molar-refractivity contribution in [2.45, 2.75) is 50.5 Å². The van der Waals surface area contributed by atoms with Gasteiger partial charge in [-0.05, 0) is 55.4 Å². The van der Waals surface area contributed by atoms with Crippen LogP contribution in [0.25, 0.3) is 10.9 Å². The summed E-state index contributed by atoms with van der Waals surface area (Å²) in [6.07, 6.45) is 8.59. The third-order valence-corrected chi connectivity index (χ3v) is 4.92. The second-order valence-corrected chi connectivity index (χ2v) is 6.06.